The number of amides is 1. The Morgan fingerprint density at radius 1 is 1.35 bits per heavy atom. The van der Waals surface area contributed by atoms with Crippen LogP contribution in [-0.2, 0) is 0 Å². The van der Waals surface area contributed by atoms with Gasteiger partial charge in [0.15, 0.2) is 5.16 Å². The molecule has 5 nitrogen and oxygen atoms in total. The van der Waals surface area contributed by atoms with Gasteiger partial charge in [-0.2, -0.15) is 0 Å². The quantitative estimate of drug-likeness (QED) is 0.789. The topological polar surface area (TPSA) is 50.2 Å². The fraction of sp³-hybridized carbons (Fsp3) is 0.500. The van der Waals surface area contributed by atoms with E-state index in [2.05, 4.69) is 29.0 Å². The number of imidazole rings is 1. The lowest BCUT2D eigenvalue weighted by Crippen LogP contribution is -2.43. The van der Waals surface area contributed by atoms with Crippen molar-refractivity contribution in [3.63, 3.8) is 0 Å². The highest BCUT2D eigenvalue weighted by Gasteiger charge is 2.22. The van der Waals surface area contributed by atoms with Gasteiger partial charge in [0.25, 0.3) is 5.91 Å². The van der Waals surface area contributed by atoms with Gasteiger partial charge in [-0.05, 0) is 69.7 Å². The van der Waals surface area contributed by atoms with Crippen molar-refractivity contribution in [2.24, 2.45) is 5.92 Å². The zero-order chi connectivity index (χ0) is 18.5. The number of nitrogens with one attached hydrogen (secondary N) is 1. The highest BCUT2D eigenvalue weighted by atomic mass is 32.2. The number of thioether (sulfide) groups is 1. The van der Waals surface area contributed by atoms with Gasteiger partial charge >= 0.3 is 0 Å². The summed E-state index contributed by atoms with van der Waals surface area (Å²) in [6, 6.07) is 8.29. The highest BCUT2D eigenvalue weighted by Crippen LogP contribution is 2.19. The van der Waals surface area contributed by atoms with E-state index in [1.54, 1.807) is 18.0 Å². The number of aromatic nitrogens is 2. The molecule has 1 saturated heterocycles. The van der Waals surface area contributed by atoms with E-state index in [0.29, 0.717) is 17.5 Å². The molecule has 2 heterocycles. The monoisotopic (exact) mass is 372 g/mol. The van der Waals surface area contributed by atoms with Gasteiger partial charge < -0.3 is 10.2 Å². The molecule has 1 N–H and O–H groups in total. The number of rotatable bonds is 6. The molecule has 0 spiro atoms. The van der Waals surface area contributed by atoms with Gasteiger partial charge in [0.2, 0.25) is 0 Å². The number of hydrogen-bond acceptors (Lipinski definition) is 4. The Hall–Kier alpha value is -1.79. The number of carbonyl (C=O) groups is 1. The fourth-order valence-electron chi connectivity index (χ4n) is 3.48. The maximum atomic E-state index is 12.5. The summed E-state index contributed by atoms with van der Waals surface area (Å²) in [6.07, 6.45) is 8.14. The second kappa shape index (κ2) is 8.73. The van der Waals surface area contributed by atoms with E-state index in [9.17, 15) is 4.79 Å². The number of likely N-dealkylation sites (tertiary alicyclic amines) is 1. The molecule has 3 rings (SSSR count). The van der Waals surface area contributed by atoms with Crippen LogP contribution in [-0.4, -0.2) is 52.3 Å². The lowest BCUT2D eigenvalue weighted by Gasteiger charge is -2.35. The van der Waals surface area contributed by atoms with Gasteiger partial charge in [-0.1, -0.05) is 11.8 Å². The van der Waals surface area contributed by atoms with Crippen molar-refractivity contribution in [2.75, 3.05) is 25.9 Å². The molecule has 140 valence electrons. The third-order valence-electron chi connectivity index (χ3n) is 5.03. The zero-order valence-corrected chi connectivity index (χ0v) is 16.6. The van der Waals surface area contributed by atoms with E-state index >= 15 is 0 Å². The molecular formula is C20H28N4OS. The number of nitrogens with zero attached hydrogens (tertiary/aromatic N) is 3. The molecule has 26 heavy (non-hydrogen) atoms. The van der Waals surface area contributed by atoms with E-state index in [4.69, 9.17) is 0 Å². The van der Waals surface area contributed by atoms with Crippen LogP contribution in [0.3, 0.4) is 0 Å². The number of carbonyl (C=O) groups excluding carboxylic acids is 1. The Balaban J connectivity index is 1.57. The predicted molar refractivity (Wildman–Crippen MR) is 107 cm³/mol. The van der Waals surface area contributed by atoms with Crippen molar-refractivity contribution in [1.29, 1.82) is 0 Å². The molecule has 1 atom stereocenters. The molecule has 2 aromatic rings. The summed E-state index contributed by atoms with van der Waals surface area (Å²) in [5, 5.41) is 4.06. The molecule has 1 fully saturated rings. The van der Waals surface area contributed by atoms with Crippen LogP contribution in [0.25, 0.3) is 5.69 Å². The summed E-state index contributed by atoms with van der Waals surface area (Å²) in [7, 11) is 0. The molecule has 1 aliphatic heterocycles. The van der Waals surface area contributed by atoms with Crippen molar-refractivity contribution < 1.29 is 4.79 Å². The summed E-state index contributed by atoms with van der Waals surface area (Å²) >= 11 is 1.60. The lowest BCUT2D eigenvalue weighted by atomic mass is 9.97. The van der Waals surface area contributed by atoms with Crippen LogP contribution in [0.4, 0.5) is 0 Å². The molecule has 6 heteroatoms. The molecule has 1 aromatic heterocycles. The molecule has 0 aliphatic carbocycles. The Kier molecular flexibility index (Phi) is 6.38. The average molecular weight is 373 g/mol. The molecule has 1 amide bonds. The minimum Gasteiger partial charge on any atom is -0.352 e. The van der Waals surface area contributed by atoms with Gasteiger partial charge in [0.05, 0.1) is 0 Å². The van der Waals surface area contributed by atoms with Crippen LogP contribution in [0.2, 0.25) is 0 Å². The van der Waals surface area contributed by atoms with Crippen molar-refractivity contribution in [1.82, 2.24) is 19.8 Å². The van der Waals surface area contributed by atoms with Gasteiger partial charge in [-0.25, -0.2) is 4.98 Å². The number of piperidine rings is 1. The minimum atomic E-state index is 0.00828. The standard InChI is InChI=1S/C20H28N4OS/c1-15(2)23-11-4-5-16(14-23)13-22-19(25)17-6-8-18(9-7-17)24-12-10-21-20(24)26-3/h6-10,12,15-16H,4-5,11,13-14H2,1-3H3,(H,22,25). The van der Waals surface area contributed by atoms with E-state index in [1.807, 2.05) is 41.3 Å². The lowest BCUT2D eigenvalue weighted by molar-refractivity contribution is 0.0922. The van der Waals surface area contributed by atoms with Crippen molar-refractivity contribution >= 4 is 17.7 Å². The predicted octanol–water partition coefficient (Wildman–Crippen LogP) is 3.44. The van der Waals surface area contributed by atoms with Crippen LogP contribution in [0.5, 0.6) is 0 Å². The highest BCUT2D eigenvalue weighted by molar-refractivity contribution is 7.98. The Labute approximate surface area is 160 Å². The van der Waals surface area contributed by atoms with Crippen LogP contribution in [0.15, 0.2) is 41.8 Å². The fourth-order valence-corrected chi connectivity index (χ4v) is 4.01. The number of benzene rings is 1. The first-order chi connectivity index (χ1) is 12.6. The largest absolute Gasteiger partial charge is 0.352 e. The molecule has 0 bridgehead atoms. The van der Waals surface area contributed by atoms with E-state index in [-0.39, 0.29) is 5.91 Å². The first-order valence-electron chi connectivity index (χ1n) is 9.28. The second-order valence-corrected chi connectivity index (χ2v) is 7.91. The van der Waals surface area contributed by atoms with E-state index < -0.39 is 0 Å². The third kappa shape index (κ3) is 4.48. The molecule has 0 saturated carbocycles. The summed E-state index contributed by atoms with van der Waals surface area (Å²) in [6.45, 7) is 7.49. The summed E-state index contributed by atoms with van der Waals surface area (Å²) in [5.74, 6) is 0.554. The molecule has 1 aromatic carbocycles. The summed E-state index contributed by atoms with van der Waals surface area (Å²) in [5.41, 5.74) is 1.72. The maximum absolute atomic E-state index is 12.5. The van der Waals surface area contributed by atoms with Gasteiger partial charge in [0, 0.05) is 42.8 Å². The van der Waals surface area contributed by atoms with Gasteiger partial charge in [0.1, 0.15) is 0 Å². The second-order valence-electron chi connectivity index (χ2n) is 7.14. The first kappa shape index (κ1) is 19.0. The Morgan fingerprint density at radius 3 is 2.81 bits per heavy atom. The number of hydrogen-bond donors (Lipinski definition) is 1. The van der Waals surface area contributed by atoms with E-state index in [0.717, 1.165) is 23.9 Å². The van der Waals surface area contributed by atoms with Crippen LogP contribution >= 0.6 is 11.8 Å². The summed E-state index contributed by atoms with van der Waals surface area (Å²) in [4.78, 5) is 19.3. The first-order valence-corrected chi connectivity index (χ1v) is 10.5. The molecular weight excluding hydrogens is 344 g/mol. The molecule has 1 aliphatic rings. The van der Waals surface area contributed by atoms with Crippen LogP contribution in [0, 0.1) is 5.92 Å². The SMILES string of the molecule is CSc1nccn1-c1ccc(C(=O)NCC2CCCN(C(C)C)C2)cc1. The summed E-state index contributed by atoms with van der Waals surface area (Å²) < 4.78 is 2.02. The molecule has 0 radical (unpaired) electrons. The third-order valence-corrected chi connectivity index (χ3v) is 5.70. The maximum Gasteiger partial charge on any atom is 0.251 e. The van der Waals surface area contributed by atoms with Crippen LogP contribution < -0.4 is 5.32 Å². The van der Waals surface area contributed by atoms with Crippen molar-refractivity contribution in [3.8, 4) is 5.69 Å². The van der Waals surface area contributed by atoms with Gasteiger partial charge in [-0.3, -0.25) is 9.36 Å². The van der Waals surface area contributed by atoms with Crippen molar-refractivity contribution in [2.45, 2.75) is 37.9 Å². The Bertz CT molecular complexity index is 726. The smallest absolute Gasteiger partial charge is 0.251 e. The zero-order valence-electron chi connectivity index (χ0n) is 15.8. The molecule has 1 unspecified atom stereocenters. The van der Waals surface area contributed by atoms with E-state index in [1.165, 1.54) is 19.4 Å². The van der Waals surface area contributed by atoms with Gasteiger partial charge in [-0.15, -0.1) is 0 Å². The van der Waals surface area contributed by atoms with Crippen molar-refractivity contribution in [3.05, 3.63) is 42.2 Å². The normalized spacial score (nSPS) is 18.2. The minimum absolute atomic E-state index is 0.00828. The Morgan fingerprint density at radius 2 is 2.12 bits per heavy atom. The average Bonchev–Trinajstić information content (AvgIpc) is 3.15. The van der Waals surface area contributed by atoms with Crippen LogP contribution in [0.1, 0.15) is 37.0 Å².